The van der Waals surface area contributed by atoms with E-state index in [-0.39, 0.29) is 10.6 Å². The molecule has 0 aliphatic carbocycles. The van der Waals surface area contributed by atoms with Crippen LogP contribution in [0.2, 0.25) is 0 Å². The number of thioether (sulfide) groups is 1. The average molecular weight is 407 g/mol. The number of nitro benzene ring substituents is 1. The van der Waals surface area contributed by atoms with Gasteiger partial charge in [-0.15, -0.1) is 10.2 Å². The number of anilines is 1. The highest BCUT2D eigenvalue weighted by molar-refractivity contribution is 7.98. The number of non-ortho nitro benzene ring substituents is 1. The van der Waals surface area contributed by atoms with Crippen molar-refractivity contribution in [2.75, 3.05) is 18.0 Å². The molecule has 4 rings (SSSR count). The Morgan fingerprint density at radius 2 is 1.62 bits per heavy atom. The molecule has 0 radical (unpaired) electrons. The zero-order valence-electron chi connectivity index (χ0n) is 16.0. The van der Waals surface area contributed by atoms with Crippen LogP contribution in [0.25, 0.3) is 11.3 Å². The fourth-order valence-electron chi connectivity index (χ4n) is 3.42. The molecule has 0 amide bonds. The van der Waals surface area contributed by atoms with Gasteiger partial charge in [0.25, 0.3) is 5.69 Å². The average Bonchev–Trinajstić information content (AvgIpc) is 2.79. The summed E-state index contributed by atoms with van der Waals surface area (Å²) < 4.78 is 0. The van der Waals surface area contributed by atoms with Gasteiger partial charge in [0.1, 0.15) is 5.03 Å². The summed E-state index contributed by atoms with van der Waals surface area (Å²) in [5.41, 5.74) is 4.31. The normalized spacial score (nSPS) is 14.0. The van der Waals surface area contributed by atoms with Crippen LogP contribution in [0.3, 0.4) is 0 Å². The Morgan fingerprint density at radius 1 is 0.897 bits per heavy atom. The molecule has 1 aliphatic rings. The largest absolute Gasteiger partial charge is 0.372 e. The van der Waals surface area contributed by atoms with E-state index in [1.165, 1.54) is 37.1 Å². The number of hydrogen-bond acceptors (Lipinski definition) is 6. The van der Waals surface area contributed by atoms with Crippen molar-refractivity contribution in [2.24, 2.45) is 0 Å². The lowest BCUT2D eigenvalue weighted by molar-refractivity contribution is -0.384. The topological polar surface area (TPSA) is 72.2 Å². The minimum atomic E-state index is -0.389. The smallest absolute Gasteiger partial charge is 0.269 e. The van der Waals surface area contributed by atoms with Crippen molar-refractivity contribution < 1.29 is 4.92 Å². The molecule has 0 bridgehead atoms. The number of rotatable bonds is 6. The first-order valence-electron chi connectivity index (χ1n) is 9.74. The zero-order valence-corrected chi connectivity index (χ0v) is 16.8. The highest BCUT2D eigenvalue weighted by Gasteiger charge is 2.11. The van der Waals surface area contributed by atoms with E-state index in [9.17, 15) is 10.1 Å². The van der Waals surface area contributed by atoms with Crippen LogP contribution in [-0.2, 0) is 5.75 Å². The summed E-state index contributed by atoms with van der Waals surface area (Å²) in [7, 11) is 0. The first-order chi connectivity index (χ1) is 14.2. The van der Waals surface area contributed by atoms with Gasteiger partial charge >= 0.3 is 0 Å². The molecule has 1 fully saturated rings. The number of benzene rings is 2. The molecule has 0 atom stereocenters. The fourth-order valence-corrected chi connectivity index (χ4v) is 4.19. The van der Waals surface area contributed by atoms with Crippen LogP contribution < -0.4 is 4.90 Å². The van der Waals surface area contributed by atoms with Crippen molar-refractivity contribution in [1.29, 1.82) is 0 Å². The summed E-state index contributed by atoms with van der Waals surface area (Å²) in [4.78, 5) is 12.8. The molecule has 148 valence electrons. The van der Waals surface area contributed by atoms with Crippen molar-refractivity contribution in [2.45, 2.75) is 30.0 Å². The van der Waals surface area contributed by atoms with Gasteiger partial charge in [0, 0.05) is 42.2 Å². The monoisotopic (exact) mass is 406 g/mol. The van der Waals surface area contributed by atoms with Crippen LogP contribution in [0.15, 0.2) is 65.7 Å². The molecule has 7 heteroatoms. The summed E-state index contributed by atoms with van der Waals surface area (Å²) in [6, 6.07) is 19.1. The van der Waals surface area contributed by atoms with Crippen LogP contribution in [0, 0.1) is 10.1 Å². The minimum Gasteiger partial charge on any atom is -0.372 e. The van der Waals surface area contributed by atoms with Crippen LogP contribution >= 0.6 is 11.8 Å². The Morgan fingerprint density at radius 3 is 2.24 bits per heavy atom. The van der Waals surface area contributed by atoms with Gasteiger partial charge < -0.3 is 4.90 Å². The van der Waals surface area contributed by atoms with Gasteiger partial charge in [-0.05, 0) is 49.1 Å². The highest BCUT2D eigenvalue weighted by atomic mass is 32.2. The van der Waals surface area contributed by atoms with Gasteiger partial charge in [-0.25, -0.2) is 0 Å². The first-order valence-corrected chi connectivity index (χ1v) is 10.7. The molecule has 0 N–H and O–H groups in total. The van der Waals surface area contributed by atoms with Gasteiger partial charge in [-0.1, -0.05) is 36.0 Å². The summed E-state index contributed by atoms with van der Waals surface area (Å²) in [6.45, 7) is 2.28. The molecule has 2 aromatic carbocycles. The highest BCUT2D eigenvalue weighted by Crippen LogP contribution is 2.26. The molecule has 29 heavy (non-hydrogen) atoms. The van der Waals surface area contributed by atoms with Gasteiger partial charge in [-0.2, -0.15) is 0 Å². The standard InChI is InChI=1S/C22H22N4O2S/c27-26(28)20-8-4-17(5-9-20)16-29-22-13-12-21(23-24-22)18-6-10-19(11-7-18)25-14-2-1-3-15-25/h4-13H,1-3,14-16H2. The van der Waals surface area contributed by atoms with E-state index in [2.05, 4.69) is 39.4 Å². The van der Waals surface area contributed by atoms with Crippen molar-refractivity contribution in [3.05, 3.63) is 76.3 Å². The van der Waals surface area contributed by atoms with E-state index in [4.69, 9.17) is 0 Å². The second-order valence-corrected chi connectivity index (χ2v) is 8.06. The number of nitro groups is 1. The Balaban J connectivity index is 1.36. The molecule has 3 aromatic rings. The maximum Gasteiger partial charge on any atom is 0.269 e. The predicted molar refractivity (Wildman–Crippen MR) is 116 cm³/mol. The lowest BCUT2D eigenvalue weighted by atomic mass is 10.1. The molecule has 1 aliphatic heterocycles. The number of aromatic nitrogens is 2. The number of piperidine rings is 1. The number of nitrogens with zero attached hydrogens (tertiary/aromatic N) is 4. The zero-order chi connectivity index (χ0) is 20.1. The SMILES string of the molecule is O=[N+]([O-])c1ccc(CSc2ccc(-c3ccc(N4CCCCC4)cc3)nn2)cc1. The van der Waals surface area contributed by atoms with Crippen LogP contribution in [0.5, 0.6) is 0 Å². The summed E-state index contributed by atoms with van der Waals surface area (Å²) in [5.74, 6) is 0.691. The third kappa shape index (κ3) is 4.92. The molecule has 1 saturated heterocycles. The Labute approximate surface area is 174 Å². The second kappa shape index (κ2) is 9.05. The van der Waals surface area contributed by atoms with Crippen LogP contribution in [-0.4, -0.2) is 28.2 Å². The van der Waals surface area contributed by atoms with Crippen LogP contribution in [0.4, 0.5) is 11.4 Å². The quantitative estimate of drug-likeness (QED) is 0.313. The van der Waals surface area contributed by atoms with Crippen LogP contribution in [0.1, 0.15) is 24.8 Å². The maximum absolute atomic E-state index is 10.7. The predicted octanol–water partition coefficient (Wildman–Crippen LogP) is 5.33. The third-order valence-electron chi connectivity index (χ3n) is 5.06. The molecular formula is C22H22N4O2S. The third-order valence-corrected chi connectivity index (χ3v) is 6.05. The Hall–Kier alpha value is -2.93. The molecule has 0 spiro atoms. The van der Waals surface area contributed by atoms with Crippen molar-refractivity contribution in [3.63, 3.8) is 0 Å². The lowest BCUT2D eigenvalue weighted by Gasteiger charge is -2.28. The Bertz CT molecular complexity index is 954. The second-order valence-electron chi connectivity index (χ2n) is 7.06. The molecule has 0 unspecified atom stereocenters. The van der Waals surface area contributed by atoms with E-state index in [1.807, 2.05) is 12.1 Å². The van der Waals surface area contributed by atoms with E-state index in [0.717, 1.165) is 34.9 Å². The summed E-state index contributed by atoms with van der Waals surface area (Å²) >= 11 is 1.56. The van der Waals surface area contributed by atoms with Gasteiger partial charge in [0.05, 0.1) is 10.6 Å². The Kier molecular flexibility index (Phi) is 6.05. The molecule has 1 aromatic heterocycles. The maximum atomic E-state index is 10.7. The van der Waals surface area contributed by atoms with E-state index < -0.39 is 0 Å². The molecule has 0 saturated carbocycles. The molecule has 2 heterocycles. The summed E-state index contributed by atoms with van der Waals surface area (Å²) in [5, 5.41) is 20.2. The molecule has 6 nitrogen and oxygen atoms in total. The summed E-state index contributed by atoms with van der Waals surface area (Å²) in [6.07, 6.45) is 3.87. The fraction of sp³-hybridized carbons (Fsp3) is 0.273. The van der Waals surface area contributed by atoms with E-state index in [0.29, 0.717) is 5.75 Å². The van der Waals surface area contributed by atoms with E-state index in [1.54, 1.807) is 23.9 Å². The van der Waals surface area contributed by atoms with Crippen molar-refractivity contribution in [3.8, 4) is 11.3 Å². The lowest BCUT2D eigenvalue weighted by Crippen LogP contribution is -2.29. The van der Waals surface area contributed by atoms with Crippen molar-refractivity contribution >= 4 is 23.1 Å². The van der Waals surface area contributed by atoms with E-state index >= 15 is 0 Å². The minimum absolute atomic E-state index is 0.106. The number of hydrogen-bond donors (Lipinski definition) is 0. The van der Waals surface area contributed by atoms with Gasteiger partial charge in [0.2, 0.25) is 0 Å². The van der Waals surface area contributed by atoms with Crippen molar-refractivity contribution in [1.82, 2.24) is 10.2 Å². The molecular weight excluding hydrogens is 384 g/mol. The van der Waals surface area contributed by atoms with Gasteiger partial charge in [0.15, 0.2) is 0 Å². The first kappa shape index (κ1) is 19.4. The van der Waals surface area contributed by atoms with Gasteiger partial charge in [-0.3, -0.25) is 10.1 Å².